The fourth-order valence-electron chi connectivity index (χ4n) is 2.17. The van der Waals surface area contributed by atoms with Gasteiger partial charge in [0.15, 0.2) is 0 Å². The summed E-state index contributed by atoms with van der Waals surface area (Å²) in [7, 11) is 1.71. The first-order valence-corrected chi connectivity index (χ1v) is 7.04. The van der Waals surface area contributed by atoms with Gasteiger partial charge in [-0.15, -0.1) is 0 Å². The van der Waals surface area contributed by atoms with Gasteiger partial charge in [-0.05, 0) is 11.6 Å². The molecule has 5 heteroatoms. The first kappa shape index (κ1) is 15.3. The summed E-state index contributed by atoms with van der Waals surface area (Å²) >= 11 is 0. The van der Waals surface area contributed by atoms with Crippen LogP contribution in [-0.2, 0) is 0 Å². The third kappa shape index (κ3) is 4.43. The van der Waals surface area contributed by atoms with Gasteiger partial charge in [-0.2, -0.15) is 0 Å². The second kappa shape index (κ2) is 7.59. The van der Waals surface area contributed by atoms with Crippen molar-refractivity contribution in [2.75, 3.05) is 39.8 Å². The molecule has 1 N–H and O–H groups in total. The number of hydrogen-bond donors (Lipinski definition) is 1. The molecule has 1 fully saturated rings. The van der Waals surface area contributed by atoms with Crippen LogP contribution in [0.15, 0.2) is 42.1 Å². The largest absolute Gasteiger partial charge is 0.473 e. The topological polar surface area (TPSA) is 49.8 Å². The average molecular weight is 286 g/mol. The number of aromatic nitrogens is 1. The van der Waals surface area contributed by atoms with Crippen LogP contribution in [0.5, 0.6) is 5.88 Å². The van der Waals surface area contributed by atoms with E-state index in [2.05, 4.69) is 33.4 Å². The second-order valence-corrected chi connectivity index (χ2v) is 4.90. The summed E-state index contributed by atoms with van der Waals surface area (Å²) in [6, 6.07) is 3.88. The molecule has 0 spiro atoms. The van der Waals surface area contributed by atoms with Gasteiger partial charge in [-0.1, -0.05) is 13.2 Å². The summed E-state index contributed by atoms with van der Waals surface area (Å²) in [6.45, 7) is 12.4. The Bertz CT molecular complexity index is 533. The molecular weight excluding hydrogens is 264 g/mol. The van der Waals surface area contributed by atoms with Crippen molar-refractivity contribution < 1.29 is 4.74 Å². The lowest BCUT2D eigenvalue weighted by atomic mass is 10.2. The molecule has 0 aromatic carbocycles. The van der Waals surface area contributed by atoms with E-state index in [1.165, 1.54) is 0 Å². The molecule has 112 valence electrons. The van der Waals surface area contributed by atoms with Crippen molar-refractivity contribution in [1.29, 1.82) is 0 Å². The molecule has 21 heavy (non-hydrogen) atoms. The monoisotopic (exact) mass is 286 g/mol. The minimum atomic E-state index is 0.383. The Hall–Kier alpha value is -2.14. The minimum Gasteiger partial charge on any atom is -0.473 e. The highest BCUT2D eigenvalue weighted by Crippen LogP contribution is 2.20. The second-order valence-electron chi connectivity index (χ2n) is 4.90. The zero-order chi connectivity index (χ0) is 15.1. The van der Waals surface area contributed by atoms with Gasteiger partial charge >= 0.3 is 0 Å². The quantitative estimate of drug-likeness (QED) is 0.807. The molecule has 0 radical (unpaired) electrons. The Labute approximate surface area is 126 Å². The van der Waals surface area contributed by atoms with Crippen LogP contribution in [-0.4, -0.2) is 55.9 Å². The van der Waals surface area contributed by atoms with Gasteiger partial charge in [0, 0.05) is 63.0 Å². The maximum absolute atomic E-state index is 5.62. The third-order valence-electron chi connectivity index (χ3n) is 3.28. The molecule has 1 aromatic heterocycles. The van der Waals surface area contributed by atoms with E-state index in [1.807, 2.05) is 12.1 Å². The molecular formula is C16H22N4O. The van der Waals surface area contributed by atoms with Crippen molar-refractivity contribution in [2.24, 2.45) is 4.99 Å². The Morgan fingerprint density at radius 3 is 2.95 bits per heavy atom. The SMILES string of the molecule is C=C(C=NC)COc1cc(C(=C)N2CCNCC2)ccn1. The van der Waals surface area contributed by atoms with Crippen molar-refractivity contribution in [3.8, 4) is 5.88 Å². The van der Waals surface area contributed by atoms with Crippen LogP contribution in [0.3, 0.4) is 0 Å². The molecule has 2 heterocycles. The van der Waals surface area contributed by atoms with Crippen molar-refractivity contribution in [3.05, 3.63) is 42.6 Å². The third-order valence-corrected chi connectivity index (χ3v) is 3.28. The molecule has 5 nitrogen and oxygen atoms in total. The molecule has 0 bridgehead atoms. The summed E-state index contributed by atoms with van der Waals surface area (Å²) in [4.78, 5) is 10.4. The summed E-state index contributed by atoms with van der Waals surface area (Å²) in [5.41, 5.74) is 2.86. The van der Waals surface area contributed by atoms with Crippen molar-refractivity contribution in [2.45, 2.75) is 0 Å². The normalized spacial score (nSPS) is 15.2. The van der Waals surface area contributed by atoms with E-state index in [0.29, 0.717) is 12.5 Å². The van der Waals surface area contributed by atoms with E-state index >= 15 is 0 Å². The highest BCUT2D eigenvalue weighted by Gasteiger charge is 2.13. The smallest absolute Gasteiger partial charge is 0.214 e. The van der Waals surface area contributed by atoms with Crippen LogP contribution in [0, 0.1) is 0 Å². The van der Waals surface area contributed by atoms with Crippen molar-refractivity contribution in [3.63, 3.8) is 0 Å². The Kier molecular flexibility index (Phi) is 5.51. The predicted molar refractivity (Wildman–Crippen MR) is 86.8 cm³/mol. The highest BCUT2D eigenvalue weighted by molar-refractivity contribution is 5.77. The lowest BCUT2D eigenvalue weighted by molar-refractivity contribution is 0.337. The molecule has 1 aromatic rings. The number of nitrogens with zero attached hydrogens (tertiary/aromatic N) is 3. The highest BCUT2D eigenvalue weighted by atomic mass is 16.5. The van der Waals surface area contributed by atoms with E-state index < -0.39 is 0 Å². The Balaban J connectivity index is 1.99. The number of rotatable bonds is 6. The average Bonchev–Trinajstić information content (AvgIpc) is 2.54. The molecule has 1 aliphatic heterocycles. The van der Waals surface area contributed by atoms with Gasteiger partial charge in [0.05, 0.1) is 0 Å². The van der Waals surface area contributed by atoms with Gasteiger partial charge in [0.1, 0.15) is 6.61 Å². The van der Waals surface area contributed by atoms with E-state index in [4.69, 9.17) is 4.74 Å². The summed E-state index contributed by atoms with van der Waals surface area (Å²) in [6.07, 6.45) is 3.43. The first-order chi connectivity index (χ1) is 10.2. The summed E-state index contributed by atoms with van der Waals surface area (Å²) in [5.74, 6) is 0.578. The van der Waals surface area contributed by atoms with Gasteiger partial charge in [0.25, 0.3) is 0 Å². The zero-order valence-electron chi connectivity index (χ0n) is 12.5. The van der Waals surface area contributed by atoms with Crippen molar-refractivity contribution >= 4 is 11.9 Å². The molecule has 0 aliphatic carbocycles. The van der Waals surface area contributed by atoms with E-state index in [9.17, 15) is 0 Å². The molecule has 0 unspecified atom stereocenters. The minimum absolute atomic E-state index is 0.383. The number of piperazine rings is 1. The lowest BCUT2D eigenvalue weighted by Gasteiger charge is -2.31. The molecule has 1 saturated heterocycles. The maximum atomic E-state index is 5.62. The van der Waals surface area contributed by atoms with Crippen LogP contribution in [0.2, 0.25) is 0 Å². The van der Waals surface area contributed by atoms with E-state index in [0.717, 1.165) is 43.0 Å². The van der Waals surface area contributed by atoms with Gasteiger partial charge in [0.2, 0.25) is 5.88 Å². The van der Waals surface area contributed by atoms with Gasteiger partial charge in [-0.3, -0.25) is 4.99 Å². The predicted octanol–water partition coefficient (Wildman–Crippen LogP) is 1.59. The fourth-order valence-corrected chi connectivity index (χ4v) is 2.17. The zero-order valence-corrected chi connectivity index (χ0v) is 12.5. The van der Waals surface area contributed by atoms with E-state index in [1.54, 1.807) is 19.5 Å². The first-order valence-electron chi connectivity index (χ1n) is 7.04. The number of nitrogens with one attached hydrogen (secondary N) is 1. The number of aliphatic imine (C=N–C) groups is 1. The van der Waals surface area contributed by atoms with Gasteiger partial charge < -0.3 is 15.0 Å². The van der Waals surface area contributed by atoms with E-state index in [-0.39, 0.29) is 0 Å². The van der Waals surface area contributed by atoms with Crippen LogP contribution in [0.4, 0.5) is 0 Å². The Morgan fingerprint density at radius 2 is 2.24 bits per heavy atom. The van der Waals surface area contributed by atoms with Gasteiger partial charge in [-0.25, -0.2) is 4.98 Å². The number of pyridine rings is 1. The van der Waals surface area contributed by atoms with Crippen LogP contribution < -0.4 is 10.1 Å². The molecule has 2 rings (SSSR count). The maximum Gasteiger partial charge on any atom is 0.214 e. The summed E-state index contributed by atoms with van der Waals surface area (Å²) in [5, 5.41) is 3.34. The molecule has 1 aliphatic rings. The molecule has 0 amide bonds. The molecule has 0 atom stereocenters. The van der Waals surface area contributed by atoms with Crippen molar-refractivity contribution in [1.82, 2.24) is 15.2 Å². The van der Waals surface area contributed by atoms with Crippen LogP contribution in [0.1, 0.15) is 5.56 Å². The number of hydrogen-bond acceptors (Lipinski definition) is 5. The summed E-state index contributed by atoms with van der Waals surface area (Å²) < 4.78 is 5.62. The van der Waals surface area contributed by atoms with Crippen LogP contribution >= 0.6 is 0 Å². The molecule has 0 saturated carbocycles. The van der Waals surface area contributed by atoms with Crippen LogP contribution in [0.25, 0.3) is 5.70 Å². The Morgan fingerprint density at radius 1 is 1.48 bits per heavy atom. The fraction of sp³-hybridized carbons (Fsp3) is 0.375. The lowest BCUT2D eigenvalue weighted by Crippen LogP contribution is -2.42. The standard InChI is InChI=1S/C16H22N4O/c1-13(11-17-3)12-21-16-10-15(4-5-19-16)14(2)20-8-6-18-7-9-20/h4-5,10-11,18H,1-2,6-9,12H2,3H3. The number of ether oxygens (including phenoxy) is 1.